The highest BCUT2D eigenvalue weighted by molar-refractivity contribution is 7.85. The summed E-state index contributed by atoms with van der Waals surface area (Å²) >= 11 is 0. The van der Waals surface area contributed by atoms with E-state index in [0.29, 0.717) is 0 Å². The standard InChI is InChI=1S/C6H16N.C4H10O3S.2C3H5NO.C3H4O2.ClH/c1-5-6-7(2,3)4;1-4(2)3-8(5,6)7;3*1-2-3(4)5;/h5-6H2,1-4H3;4H,3H2,1-2H3,(H,5,6,7);2*2H,1H2,(H2,4,5);2H,1H2,(H,4,5);1H/q+1;;;;;/p-1. The van der Waals surface area contributed by atoms with Crippen molar-refractivity contribution >= 4 is 27.9 Å². The average Bonchev–Trinajstić information content (AvgIpc) is 2.53. The Balaban J connectivity index is -0.0000000635. The summed E-state index contributed by atoms with van der Waals surface area (Å²) in [5.74, 6) is -2.09. The van der Waals surface area contributed by atoms with Crippen LogP contribution in [-0.2, 0) is 24.5 Å². The van der Waals surface area contributed by atoms with Crippen molar-refractivity contribution in [3.63, 3.8) is 0 Å². The van der Waals surface area contributed by atoms with Gasteiger partial charge in [-0.2, -0.15) is 8.42 Å². The van der Waals surface area contributed by atoms with Crippen molar-refractivity contribution in [2.45, 2.75) is 27.2 Å². The van der Waals surface area contributed by atoms with Crippen molar-refractivity contribution in [3.8, 4) is 0 Å². The Morgan fingerprint density at radius 1 is 0.968 bits per heavy atom. The SMILES string of the molecule is C=CC(=O)O.C=CC(N)=O.C=CC(N)=O.CC(C)CS(=O)(=O)O.CCC[N+](C)(C)C.[Cl-]. The largest absolute Gasteiger partial charge is 1.00 e. The molecule has 0 unspecified atom stereocenters. The molecule has 0 rings (SSSR count). The number of rotatable bonds is 7. The van der Waals surface area contributed by atoms with Gasteiger partial charge in [0.05, 0.1) is 33.4 Å². The maximum absolute atomic E-state index is 10.00. The number of carboxylic acid groups (broad SMARTS) is 1. The van der Waals surface area contributed by atoms with Crippen molar-refractivity contribution in [1.82, 2.24) is 0 Å². The Morgan fingerprint density at radius 2 is 1.23 bits per heavy atom. The molecule has 0 aromatic rings. The minimum atomic E-state index is -3.72. The highest BCUT2D eigenvalue weighted by Crippen LogP contribution is 1.95. The fourth-order valence-corrected chi connectivity index (χ4v) is 1.93. The van der Waals surface area contributed by atoms with E-state index in [-0.39, 0.29) is 24.1 Å². The number of amides is 2. The molecule has 0 radical (unpaired) electrons. The van der Waals surface area contributed by atoms with Crippen LogP contribution in [0.2, 0.25) is 0 Å². The molecule has 2 amide bonds. The Kier molecular flexibility index (Phi) is 35.7. The number of nitrogens with two attached hydrogens (primary N) is 2. The van der Waals surface area contributed by atoms with E-state index in [1.165, 1.54) is 13.0 Å². The number of halogens is 1. The van der Waals surface area contributed by atoms with Gasteiger partial charge in [0.1, 0.15) is 0 Å². The maximum Gasteiger partial charge on any atom is 0.327 e. The quantitative estimate of drug-likeness (QED) is 0.185. The van der Waals surface area contributed by atoms with Gasteiger partial charge in [-0.15, -0.1) is 0 Å². The molecule has 0 spiro atoms. The minimum absolute atomic E-state index is 0. The minimum Gasteiger partial charge on any atom is -1.00 e. The van der Waals surface area contributed by atoms with Gasteiger partial charge in [0.25, 0.3) is 10.1 Å². The first-order valence-electron chi connectivity index (χ1n) is 8.74. The van der Waals surface area contributed by atoms with E-state index < -0.39 is 27.9 Å². The van der Waals surface area contributed by atoms with Gasteiger partial charge in [0.15, 0.2) is 0 Å². The number of nitrogens with zero attached hydrogens (tertiary/aromatic N) is 1. The summed E-state index contributed by atoms with van der Waals surface area (Å²) in [6, 6.07) is 0. The van der Waals surface area contributed by atoms with Gasteiger partial charge >= 0.3 is 5.97 Å². The molecule has 0 bridgehead atoms. The van der Waals surface area contributed by atoms with Crippen molar-refractivity contribution < 1.29 is 49.4 Å². The summed E-state index contributed by atoms with van der Waals surface area (Å²) in [5.41, 5.74) is 9.07. The third-order valence-corrected chi connectivity index (χ3v) is 3.10. The van der Waals surface area contributed by atoms with Gasteiger partial charge in [-0.25, -0.2) is 4.79 Å². The molecule has 10 nitrogen and oxygen atoms in total. The molecular weight excluding hydrogens is 450 g/mol. The Labute approximate surface area is 193 Å². The van der Waals surface area contributed by atoms with Gasteiger partial charge in [-0.3, -0.25) is 14.1 Å². The normalized spacial score (nSPS) is 9.03. The lowest BCUT2D eigenvalue weighted by Crippen LogP contribution is -3.00. The molecule has 186 valence electrons. The lowest BCUT2D eigenvalue weighted by Gasteiger charge is -2.22. The average molecular weight is 490 g/mol. The van der Waals surface area contributed by atoms with Crippen LogP contribution in [-0.4, -0.2) is 73.8 Å². The molecule has 0 aromatic heterocycles. The van der Waals surface area contributed by atoms with E-state index >= 15 is 0 Å². The highest BCUT2D eigenvalue weighted by atomic mass is 35.5. The van der Waals surface area contributed by atoms with E-state index in [1.54, 1.807) is 13.8 Å². The third-order valence-electron chi connectivity index (χ3n) is 2.02. The second-order valence-corrected chi connectivity index (χ2v) is 8.41. The molecule has 0 atom stereocenters. The lowest BCUT2D eigenvalue weighted by molar-refractivity contribution is -0.870. The van der Waals surface area contributed by atoms with Gasteiger partial charge in [0, 0.05) is 6.08 Å². The number of primary amides is 2. The fourth-order valence-electron chi connectivity index (χ4n) is 1.09. The molecule has 6 N–H and O–H groups in total. The van der Waals surface area contributed by atoms with Crippen molar-refractivity contribution in [3.05, 3.63) is 38.0 Å². The predicted molar refractivity (Wildman–Crippen MR) is 121 cm³/mol. The second kappa shape index (κ2) is 25.8. The first kappa shape index (κ1) is 42.8. The Hall–Kier alpha value is -2.21. The third kappa shape index (κ3) is 113. The van der Waals surface area contributed by atoms with Gasteiger partial charge in [-0.05, 0) is 24.5 Å². The summed E-state index contributed by atoms with van der Waals surface area (Å²) < 4.78 is 29.2. The molecular formula is C19H40ClN3O7S. The summed E-state index contributed by atoms with van der Waals surface area (Å²) in [7, 11) is 2.91. The number of aliphatic carboxylic acids is 1. The number of carbonyl (C=O) groups excluding carboxylic acids is 2. The molecule has 0 saturated heterocycles. The van der Waals surface area contributed by atoms with E-state index in [4.69, 9.17) is 9.66 Å². The molecule has 0 aromatic carbocycles. The van der Waals surface area contributed by atoms with Crippen molar-refractivity contribution in [2.24, 2.45) is 17.4 Å². The molecule has 0 aliphatic rings. The smallest absolute Gasteiger partial charge is 0.327 e. The molecule has 12 heteroatoms. The number of carboxylic acids is 1. The van der Waals surface area contributed by atoms with Crippen LogP contribution in [0.15, 0.2) is 38.0 Å². The second-order valence-electron chi connectivity index (χ2n) is 6.91. The highest BCUT2D eigenvalue weighted by Gasteiger charge is 2.06. The summed E-state index contributed by atoms with van der Waals surface area (Å²) in [6.07, 6.45) is 4.23. The number of hydrogen-bond acceptors (Lipinski definition) is 5. The fraction of sp³-hybridized carbons (Fsp3) is 0.526. The van der Waals surface area contributed by atoms with Gasteiger partial charge in [0.2, 0.25) is 11.8 Å². The van der Waals surface area contributed by atoms with Crippen LogP contribution in [0.25, 0.3) is 0 Å². The summed E-state index contributed by atoms with van der Waals surface area (Å²) in [4.78, 5) is 28.2. The monoisotopic (exact) mass is 489 g/mol. The number of carbonyl (C=O) groups is 3. The molecule has 0 aliphatic carbocycles. The molecule has 31 heavy (non-hydrogen) atoms. The Bertz CT molecular complexity index is 572. The van der Waals surface area contributed by atoms with Crippen molar-refractivity contribution in [1.29, 1.82) is 0 Å². The van der Waals surface area contributed by atoms with Crippen LogP contribution in [0, 0.1) is 5.92 Å². The first-order chi connectivity index (χ1) is 13.3. The topological polar surface area (TPSA) is 178 Å². The first-order valence-corrected chi connectivity index (χ1v) is 10.3. The van der Waals surface area contributed by atoms with E-state index in [0.717, 1.165) is 22.7 Å². The Morgan fingerprint density at radius 3 is 1.23 bits per heavy atom. The summed E-state index contributed by atoms with van der Waals surface area (Å²) in [5, 5.41) is 7.60. The van der Waals surface area contributed by atoms with Crippen LogP contribution in [0.5, 0.6) is 0 Å². The van der Waals surface area contributed by atoms with Crippen LogP contribution >= 0.6 is 0 Å². The van der Waals surface area contributed by atoms with Gasteiger partial charge in [-0.1, -0.05) is 40.5 Å². The number of hydrogen-bond donors (Lipinski definition) is 4. The van der Waals surface area contributed by atoms with E-state index in [2.05, 4.69) is 59.3 Å². The maximum atomic E-state index is 10.00. The zero-order valence-electron chi connectivity index (χ0n) is 19.4. The zero-order chi connectivity index (χ0) is 25.6. The van der Waals surface area contributed by atoms with Crippen LogP contribution in [0.1, 0.15) is 27.2 Å². The predicted octanol–water partition coefficient (Wildman–Crippen LogP) is -1.79. The number of quaternary nitrogens is 1. The summed E-state index contributed by atoms with van der Waals surface area (Å²) in [6.45, 7) is 16.1. The lowest BCUT2D eigenvalue weighted by atomic mass is 10.3. The van der Waals surface area contributed by atoms with E-state index in [9.17, 15) is 22.8 Å². The van der Waals surface area contributed by atoms with Crippen molar-refractivity contribution in [2.75, 3.05) is 33.4 Å². The van der Waals surface area contributed by atoms with E-state index in [1.807, 2.05) is 0 Å². The zero-order valence-corrected chi connectivity index (χ0v) is 20.9. The van der Waals surface area contributed by atoms with Crippen LogP contribution < -0.4 is 23.9 Å². The van der Waals surface area contributed by atoms with Gasteiger partial charge < -0.3 is 33.5 Å². The molecule has 0 saturated carbocycles. The molecule has 0 fully saturated rings. The molecule has 0 heterocycles. The van der Waals surface area contributed by atoms with Crippen LogP contribution in [0.3, 0.4) is 0 Å². The molecule has 0 aliphatic heterocycles. The van der Waals surface area contributed by atoms with Crippen LogP contribution in [0.4, 0.5) is 0 Å².